The highest BCUT2D eigenvalue weighted by Crippen LogP contribution is 2.46. The summed E-state index contributed by atoms with van der Waals surface area (Å²) in [5, 5.41) is 4.21. The van der Waals surface area contributed by atoms with Gasteiger partial charge in [-0.2, -0.15) is 0 Å². The Hall–Kier alpha value is -2.15. The Bertz CT molecular complexity index is 1190. The molecule has 2 aliphatic heterocycles. The molecule has 34 heavy (non-hydrogen) atoms. The molecular formula is C26H29Cl2N3O2S. The van der Waals surface area contributed by atoms with Crippen LogP contribution in [0.1, 0.15) is 57.6 Å². The zero-order valence-corrected chi connectivity index (χ0v) is 22.4. The van der Waals surface area contributed by atoms with Crippen LogP contribution in [0.5, 0.6) is 5.75 Å². The Balaban J connectivity index is 1.69. The Kier molecular flexibility index (Phi) is 7.22. The topological polar surface area (TPSA) is 53.9 Å². The van der Waals surface area contributed by atoms with E-state index in [9.17, 15) is 4.79 Å². The summed E-state index contributed by atoms with van der Waals surface area (Å²) in [5.41, 5.74) is 4.09. The Morgan fingerprint density at radius 3 is 2.71 bits per heavy atom. The maximum Gasteiger partial charge on any atom is 0.264 e. The van der Waals surface area contributed by atoms with E-state index in [1.807, 2.05) is 6.08 Å². The fourth-order valence-corrected chi connectivity index (χ4v) is 5.88. The molecule has 180 valence electrons. The van der Waals surface area contributed by atoms with Crippen molar-refractivity contribution in [2.24, 2.45) is 4.99 Å². The van der Waals surface area contributed by atoms with E-state index in [1.165, 1.54) is 23.0 Å². The number of rotatable bonds is 5. The monoisotopic (exact) mass is 517 g/mol. The van der Waals surface area contributed by atoms with Gasteiger partial charge in [0.1, 0.15) is 5.75 Å². The second-order valence-electron chi connectivity index (χ2n) is 9.30. The van der Waals surface area contributed by atoms with Gasteiger partial charge in [-0.05, 0) is 80.3 Å². The number of fused-ring (bicyclic) bond motifs is 1. The number of carbonyl (C=O) groups is 1. The Morgan fingerprint density at radius 1 is 1.26 bits per heavy atom. The van der Waals surface area contributed by atoms with Gasteiger partial charge in [-0.15, -0.1) is 0 Å². The number of carbonyl (C=O) groups excluding carboxylic acids is 1. The first-order chi connectivity index (χ1) is 16.1. The van der Waals surface area contributed by atoms with Crippen LogP contribution in [0.4, 0.5) is 11.4 Å². The maximum atomic E-state index is 12.7. The molecule has 4 rings (SSSR count). The van der Waals surface area contributed by atoms with Crippen molar-refractivity contribution in [3.05, 3.63) is 56.4 Å². The van der Waals surface area contributed by atoms with E-state index < -0.39 is 0 Å². The standard InChI is InChI=1S/C26H29Cl2N3O2S/c1-6-9-31-21-13-22(33-5)16(10-18(21)15(2)14-26(31,3)4)11-23-24(32)30-25(34-23)29-17-7-8-19(27)20(28)12-17/h7-8,10-13,15H,6,9,14H2,1-5H3,(H,29,30,32)/b23-11+. The van der Waals surface area contributed by atoms with Gasteiger partial charge in [0.2, 0.25) is 0 Å². The van der Waals surface area contributed by atoms with E-state index in [4.69, 9.17) is 27.9 Å². The first-order valence-corrected chi connectivity index (χ1v) is 12.9. The quantitative estimate of drug-likeness (QED) is 0.419. The molecule has 0 aliphatic carbocycles. The highest BCUT2D eigenvalue weighted by molar-refractivity contribution is 8.18. The van der Waals surface area contributed by atoms with E-state index in [1.54, 1.807) is 25.3 Å². The lowest BCUT2D eigenvalue weighted by molar-refractivity contribution is -0.115. The first kappa shape index (κ1) is 25.0. The SMILES string of the molecule is CCCN1c2cc(OC)c(/C=C3/SC(=Nc4ccc(Cl)c(Cl)c4)NC3=O)cc2C(C)CC1(C)C. The molecule has 1 saturated heterocycles. The van der Waals surface area contributed by atoms with Gasteiger partial charge in [0.25, 0.3) is 5.91 Å². The summed E-state index contributed by atoms with van der Waals surface area (Å²) in [6, 6.07) is 9.41. The molecule has 5 nitrogen and oxygen atoms in total. The van der Waals surface area contributed by atoms with Crippen molar-refractivity contribution in [3.63, 3.8) is 0 Å². The molecule has 1 fully saturated rings. The number of nitrogens with one attached hydrogen (secondary N) is 1. The minimum absolute atomic E-state index is 0.0739. The predicted octanol–water partition coefficient (Wildman–Crippen LogP) is 7.40. The number of amidine groups is 1. The number of thioether (sulfide) groups is 1. The summed E-state index contributed by atoms with van der Waals surface area (Å²) < 4.78 is 5.76. The van der Waals surface area contributed by atoms with Crippen LogP contribution in [0, 0.1) is 0 Å². The number of hydrogen-bond donors (Lipinski definition) is 1. The van der Waals surface area contributed by atoms with E-state index in [-0.39, 0.29) is 11.4 Å². The average Bonchev–Trinajstić information content (AvgIpc) is 3.11. The third-order valence-electron chi connectivity index (χ3n) is 6.26. The van der Waals surface area contributed by atoms with Gasteiger partial charge >= 0.3 is 0 Å². The summed E-state index contributed by atoms with van der Waals surface area (Å²) >= 11 is 13.4. The van der Waals surface area contributed by atoms with Gasteiger partial charge in [-0.1, -0.05) is 37.0 Å². The van der Waals surface area contributed by atoms with Crippen LogP contribution in [0.2, 0.25) is 10.0 Å². The fraction of sp³-hybridized carbons (Fsp3) is 0.385. The van der Waals surface area contributed by atoms with Crippen LogP contribution >= 0.6 is 35.0 Å². The number of benzene rings is 2. The van der Waals surface area contributed by atoms with Crippen LogP contribution in [0.15, 0.2) is 40.2 Å². The number of anilines is 1. The number of methoxy groups -OCH3 is 1. The third-order valence-corrected chi connectivity index (χ3v) is 7.90. The van der Waals surface area contributed by atoms with Crippen molar-refractivity contribution in [1.82, 2.24) is 5.32 Å². The molecule has 0 saturated carbocycles. The van der Waals surface area contributed by atoms with Gasteiger partial charge in [0.05, 0.1) is 27.7 Å². The number of amides is 1. The summed E-state index contributed by atoms with van der Waals surface area (Å²) in [6.45, 7) is 10.1. The normalized spacial score (nSPS) is 21.7. The van der Waals surface area contributed by atoms with Gasteiger partial charge in [-0.3, -0.25) is 4.79 Å². The van der Waals surface area contributed by atoms with Crippen LogP contribution in [-0.4, -0.2) is 30.3 Å². The highest BCUT2D eigenvalue weighted by atomic mass is 35.5. The summed E-state index contributed by atoms with van der Waals surface area (Å²) in [7, 11) is 1.67. The van der Waals surface area contributed by atoms with Gasteiger partial charge in [-0.25, -0.2) is 4.99 Å². The minimum Gasteiger partial charge on any atom is -0.496 e. The zero-order valence-electron chi connectivity index (χ0n) is 20.0. The van der Waals surface area contributed by atoms with Gasteiger partial charge in [0.15, 0.2) is 5.17 Å². The largest absolute Gasteiger partial charge is 0.496 e. The van der Waals surface area contributed by atoms with Crippen molar-refractivity contribution in [2.75, 3.05) is 18.6 Å². The van der Waals surface area contributed by atoms with E-state index in [0.717, 1.165) is 30.7 Å². The number of hydrogen-bond acceptors (Lipinski definition) is 5. The first-order valence-electron chi connectivity index (χ1n) is 11.4. The molecule has 1 unspecified atom stereocenters. The van der Waals surface area contributed by atoms with Crippen molar-refractivity contribution in [3.8, 4) is 5.75 Å². The van der Waals surface area contributed by atoms with Crippen molar-refractivity contribution >= 4 is 63.5 Å². The molecule has 0 aromatic heterocycles. The van der Waals surface area contributed by atoms with E-state index in [0.29, 0.717) is 31.7 Å². The minimum atomic E-state index is -0.189. The number of aliphatic imine (C=N–C) groups is 1. The van der Waals surface area contributed by atoms with Gasteiger partial charge < -0.3 is 15.0 Å². The second-order valence-corrected chi connectivity index (χ2v) is 11.1. The molecule has 2 heterocycles. The van der Waals surface area contributed by atoms with Crippen molar-refractivity contribution < 1.29 is 9.53 Å². The average molecular weight is 519 g/mol. The van der Waals surface area contributed by atoms with E-state index >= 15 is 0 Å². The molecular weight excluding hydrogens is 489 g/mol. The third kappa shape index (κ3) is 4.95. The fourth-order valence-electron chi connectivity index (χ4n) is 4.76. The molecule has 2 aliphatic rings. The lowest BCUT2D eigenvalue weighted by Gasteiger charge is -2.47. The molecule has 2 aromatic carbocycles. The molecule has 0 bridgehead atoms. The molecule has 1 atom stereocenters. The van der Waals surface area contributed by atoms with Crippen LogP contribution in [0.25, 0.3) is 6.08 Å². The molecule has 8 heteroatoms. The highest BCUT2D eigenvalue weighted by Gasteiger charge is 2.36. The number of nitrogens with zero attached hydrogens (tertiary/aromatic N) is 2. The maximum absolute atomic E-state index is 12.7. The summed E-state index contributed by atoms with van der Waals surface area (Å²) in [4.78, 5) is 20.2. The van der Waals surface area contributed by atoms with Crippen LogP contribution in [-0.2, 0) is 4.79 Å². The number of ether oxygens (including phenoxy) is 1. The lowest BCUT2D eigenvalue weighted by atomic mass is 9.79. The smallest absolute Gasteiger partial charge is 0.264 e. The molecule has 0 spiro atoms. The van der Waals surface area contributed by atoms with Crippen molar-refractivity contribution in [1.29, 1.82) is 0 Å². The van der Waals surface area contributed by atoms with Crippen LogP contribution in [0.3, 0.4) is 0 Å². The number of halogens is 2. The second kappa shape index (κ2) is 9.84. The molecule has 2 aromatic rings. The van der Waals surface area contributed by atoms with Gasteiger partial charge in [0, 0.05) is 29.4 Å². The molecule has 1 amide bonds. The van der Waals surface area contributed by atoms with Crippen LogP contribution < -0.4 is 15.0 Å². The van der Waals surface area contributed by atoms with E-state index in [2.05, 4.69) is 55.0 Å². The predicted molar refractivity (Wildman–Crippen MR) is 145 cm³/mol. The Labute approximate surface area is 215 Å². The Morgan fingerprint density at radius 2 is 2.03 bits per heavy atom. The molecule has 0 radical (unpaired) electrons. The van der Waals surface area contributed by atoms with Crippen molar-refractivity contribution in [2.45, 2.75) is 52.0 Å². The summed E-state index contributed by atoms with van der Waals surface area (Å²) in [6.07, 6.45) is 4.02. The lowest BCUT2D eigenvalue weighted by Crippen LogP contribution is -2.48. The molecule has 1 N–H and O–H groups in total. The summed E-state index contributed by atoms with van der Waals surface area (Å²) in [5.74, 6) is 0.962. The zero-order chi connectivity index (χ0) is 24.6.